The molecule has 18 heavy (non-hydrogen) atoms. The van der Waals surface area contributed by atoms with Gasteiger partial charge in [-0.1, -0.05) is 53.5 Å². The van der Waals surface area contributed by atoms with E-state index in [0.29, 0.717) is 15.6 Å². The van der Waals surface area contributed by atoms with Gasteiger partial charge in [-0.15, -0.1) is 0 Å². The van der Waals surface area contributed by atoms with Gasteiger partial charge in [0.2, 0.25) is 0 Å². The first kappa shape index (κ1) is 12.8. The van der Waals surface area contributed by atoms with Crippen LogP contribution in [0.15, 0.2) is 48.5 Å². The summed E-state index contributed by atoms with van der Waals surface area (Å²) in [6.07, 6.45) is 0. The number of para-hydroxylation sites is 1. The van der Waals surface area contributed by atoms with Crippen LogP contribution in [0.5, 0.6) is 0 Å². The van der Waals surface area contributed by atoms with E-state index in [9.17, 15) is 5.26 Å². The molecule has 0 aromatic heterocycles. The molecule has 0 radical (unpaired) electrons. The van der Waals surface area contributed by atoms with Crippen LogP contribution in [0, 0.1) is 11.3 Å². The van der Waals surface area contributed by atoms with Crippen molar-refractivity contribution in [1.29, 1.82) is 5.26 Å². The summed E-state index contributed by atoms with van der Waals surface area (Å²) in [4.78, 5) is 0. The monoisotopic (exact) mass is 276 g/mol. The molecule has 2 aromatic rings. The molecule has 1 unspecified atom stereocenters. The standard InChI is InChI=1S/C14H10Cl2N2/c15-12-8-4-7-11(14(12)16)13(9-17)18-10-5-2-1-3-6-10/h1-8,13,18H. The van der Waals surface area contributed by atoms with Gasteiger partial charge in [-0.3, -0.25) is 0 Å². The quantitative estimate of drug-likeness (QED) is 0.884. The van der Waals surface area contributed by atoms with E-state index in [1.54, 1.807) is 18.2 Å². The van der Waals surface area contributed by atoms with Crippen molar-refractivity contribution in [1.82, 2.24) is 0 Å². The molecule has 2 aromatic carbocycles. The second kappa shape index (κ2) is 5.77. The number of benzene rings is 2. The van der Waals surface area contributed by atoms with Crippen molar-refractivity contribution in [2.45, 2.75) is 6.04 Å². The Kier molecular flexibility index (Phi) is 4.09. The van der Waals surface area contributed by atoms with Crippen LogP contribution in [-0.2, 0) is 0 Å². The molecular weight excluding hydrogens is 267 g/mol. The van der Waals surface area contributed by atoms with Crippen molar-refractivity contribution >= 4 is 28.9 Å². The summed E-state index contributed by atoms with van der Waals surface area (Å²) >= 11 is 12.1. The van der Waals surface area contributed by atoms with Crippen LogP contribution < -0.4 is 5.32 Å². The minimum Gasteiger partial charge on any atom is -0.366 e. The highest BCUT2D eigenvalue weighted by Gasteiger charge is 2.15. The highest BCUT2D eigenvalue weighted by Crippen LogP contribution is 2.31. The summed E-state index contributed by atoms with van der Waals surface area (Å²) in [5.41, 5.74) is 1.54. The minimum absolute atomic E-state index is 0.411. The Labute approximate surface area is 116 Å². The van der Waals surface area contributed by atoms with Gasteiger partial charge >= 0.3 is 0 Å². The first-order valence-corrected chi connectivity index (χ1v) is 6.13. The van der Waals surface area contributed by atoms with E-state index in [1.807, 2.05) is 30.3 Å². The SMILES string of the molecule is N#CC(Nc1ccccc1)c1cccc(Cl)c1Cl. The van der Waals surface area contributed by atoms with Crippen molar-refractivity contribution in [3.8, 4) is 6.07 Å². The van der Waals surface area contributed by atoms with Gasteiger partial charge in [0.05, 0.1) is 16.1 Å². The number of halogens is 2. The van der Waals surface area contributed by atoms with Gasteiger partial charge in [0, 0.05) is 11.3 Å². The fourth-order valence-corrected chi connectivity index (χ4v) is 2.04. The summed E-state index contributed by atoms with van der Waals surface area (Å²) in [6.45, 7) is 0. The lowest BCUT2D eigenvalue weighted by atomic mass is 10.1. The highest BCUT2D eigenvalue weighted by atomic mass is 35.5. The second-order valence-corrected chi connectivity index (χ2v) is 4.50. The maximum atomic E-state index is 9.24. The number of rotatable bonds is 3. The zero-order chi connectivity index (χ0) is 13.0. The van der Waals surface area contributed by atoms with Crippen LogP contribution in [0.3, 0.4) is 0 Å². The molecule has 2 nitrogen and oxygen atoms in total. The summed E-state index contributed by atoms with van der Waals surface area (Å²) in [6, 6.07) is 16.4. The van der Waals surface area contributed by atoms with Crippen LogP contribution in [0.4, 0.5) is 5.69 Å². The van der Waals surface area contributed by atoms with Crippen LogP contribution in [0.25, 0.3) is 0 Å². The predicted molar refractivity (Wildman–Crippen MR) is 74.9 cm³/mol. The van der Waals surface area contributed by atoms with Gasteiger partial charge in [0.15, 0.2) is 0 Å². The van der Waals surface area contributed by atoms with Crippen molar-refractivity contribution in [3.05, 3.63) is 64.1 Å². The number of hydrogen-bond acceptors (Lipinski definition) is 2. The smallest absolute Gasteiger partial charge is 0.141 e. The third-order valence-electron chi connectivity index (χ3n) is 2.51. The van der Waals surface area contributed by atoms with E-state index in [2.05, 4.69) is 11.4 Å². The Bertz CT molecular complexity index is 576. The molecule has 0 saturated heterocycles. The molecule has 1 atom stereocenters. The molecule has 0 saturated carbocycles. The van der Waals surface area contributed by atoms with Gasteiger partial charge < -0.3 is 5.32 Å². The molecule has 0 spiro atoms. The zero-order valence-electron chi connectivity index (χ0n) is 9.40. The lowest BCUT2D eigenvalue weighted by Crippen LogP contribution is -2.09. The molecule has 0 aliphatic heterocycles. The van der Waals surface area contributed by atoms with Gasteiger partial charge in [-0.25, -0.2) is 0 Å². The predicted octanol–water partition coefficient (Wildman–Crippen LogP) is 4.67. The van der Waals surface area contributed by atoms with Crippen molar-refractivity contribution in [2.75, 3.05) is 5.32 Å². The van der Waals surface area contributed by atoms with Crippen LogP contribution in [0.1, 0.15) is 11.6 Å². The lowest BCUT2D eigenvalue weighted by molar-refractivity contribution is 0.998. The molecule has 0 aliphatic rings. The Morgan fingerprint density at radius 1 is 1.00 bits per heavy atom. The maximum absolute atomic E-state index is 9.24. The van der Waals surface area contributed by atoms with E-state index in [1.165, 1.54) is 0 Å². The largest absolute Gasteiger partial charge is 0.366 e. The van der Waals surface area contributed by atoms with Crippen molar-refractivity contribution in [3.63, 3.8) is 0 Å². The highest BCUT2D eigenvalue weighted by molar-refractivity contribution is 6.42. The average Bonchev–Trinajstić information content (AvgIpc) is 2.41. The zero-order valence-corrected chi connectivity index (χ0v) is 10.9. The Morgan fingerprint density at radius 2 is 1.72 bits per heavy atom. The molecule has 90 valence electrons. The average molecular weight is 277 g/mol. The van der Waals surface area contributed by atoms with Gasteiger partial charge in [-0.2, -0.15) is 5.26 Å². The van der Waals surface area contributed by atoms with Gasteiger partial charge in [0.25, 0.3) is 0 Å². The van der Waals surface area contributed by atoms with E-state index < -0.39 is 6.04 Å². The van der Waals surface area contributed by atoms with E-state index in [0.717, 1.165) is 5.69 Å². The lowest BCUT2D eigenvalue weighted by Gasteiger charge is -2.15. The molecule has 4 heteroatoms. The summed E-state index contributed by atoms with van der Waals surface area (Å²) in [7, 11) is 0. The third-order valence-corrected chi connectivity index (χ3v) is 3.34. The topological polar surface area (TPSA) is 35.8 Å². The Balaban J connectivity index is 2.30. The van der Waals surface area contributed by atoms with E-state index in [-0.39, 0.29) is 0 Å². The molecule has 0 amide bonds. The fourth-order valence-electron chi connectivity index (χ4n) is 1.62. The number of nitriles is 1. The van der Waals surface area contributed by atoms with Crippen LogP contribution >= 0.6 is 23.2 Å². The van der Waals surface area contributed by atoms with Crippen LogP contribution in [-0.4, -0.2) is 0 Å². The second-order valence-electron chi connectivity index (χ2n) is 3.72. The van der Waals surface area contributed by atoms with Crippen molar-refractivity contribution in [2.24, 2.45) is 0 Å². The first-order valence-electron chi connectivity index (χ1n) is 5.37. The molecule has 0 fully saturated rings. The number of hydrogen-bond donors (Lipinski definition) is 1. The van der Waals surface area contributed by atoms with E-state index >= 15 is 0 Å². The van der Waals surface area contributed by atoms with Gasteiger partial charge in [-0.05, 0) is 18.2 Å². The Morgan fingerprint density at radius 3 is 2.39 bits per heavy atom. The normalized spacial score (nSPS) is 11.6. The summed E-state index contributed by atoms with van der Waals surface area (Å²) < 4.78 is 0. The maximum Gasteiger partial charge on any atom is 0.141 e. The molecule has 1 N–H and O–H groups in total. The van der Waals surface area contributed by atoms with Crippen molar-refractivity contribution < 1.29 is 0 Å². The molecular formula is C14H10Cl2N2. The number of nitrogens with zero attached hydrogens (tertiary/aromatic N) is 1. The first-order chi connectivity index (χ1) is 8.72. The molecule has 0 aliphatic carbocycles. The summed E-state index contributed by atoms with van der Waals surface area (Å²) in [5, 5.41) is 13.2. The molecule has 0 bridgehead atoms. The minimum atomic E-state index is -0.529. The number of nitrogens with one attached hydrogen (secondary N) is 1. The van der Waals surface area contributed by atoms with E-state index in [4.69, 9.17) is 23.2 Å². The number of anilines is 1. The Hall–Kier alpha value is -1.69. The summed E-state index contributed by atoms with van der Waals surface area (Å²) in [5.74, 6) is 0. The van der Waals surface area contributed by atoms with Crippen LogP contribution in [0.2, 0.25) is 10.0 Å². The fraction of sp³-hybridized carbons (Fsp3) is 0.0714. The third kappa shape index (κ3) is 2.76. The molecule has 2 rings (SSSR count). The van der Waals surface area contributed by atoms with Gasteiger partial charge in [0.1, 0.15) is 6.04 Å². The molecule has 0 heterocycles.